The molecule has 0 radical (unpaired) electrons. The molecule has 2 heterocycles. The summed E-state index contributed by atoms with van der Waals surface area (Å²) in [6, 6.07) is 0.474. The standard InChI is InChI=1S/C12H23N5S/c1-9(10-5-7-17(4)8-6-10)13-12-14-11(15-18-12)16(2)3/h9-10H,5-8H2,1-4H3,(H,13,14,15)/t9-/m1/s1. The van der Waals surface area contributed by atoms with E-state index in [2.05, 4.69) is 33.5 Å². The summed E-state index contributed by atoms with van der Waals surface area (Å²) in [5.74, 6) is 1.53. The van der Waals surface area contributed by atoms with E-state index in [1.165, 1.54) is 37.5 Å². The number of aromatic nitrogens is 2. The summed E-state index contributed by atoms with van der Waals surface area (Å²) in [5.41, 5.74) is 0. The second-order valence-electron chi connectivity index (χ2n) is 5.37. The molecule has 1 saturated heterocycles. The maximum atomic E-state index is 4.47. The van der Waals surface area contributed by atoms with Crippen LogP contribution >= 0.6 is 11.5 Å². The van der Waals surface area contributed by atoms with Crippen molar-refractivity contribution in [3.63, 3.8) is 0 Å². The van der Waals surface area contributed by atoms with Crippen molar-refractivity contribution in [3.05, 3.63) is 0 Å². The largest absolute Gasteiger partial charge is 0.358 e. The molecule has 5 nitrogen and oxygen atoms in total. The van der Waals surface area contributed by atoms with Gasteiger partial charge in [-0.25, -0.2) is 0 Å². The molecule has 6 heteroatoms. The third kappa shape index (κ3) is 3.32. The quantitative estimate of drug-likeness (QED) is 0.902. The molecule has 102 valence electrons. The molecule has 1 aromatic heterocycles. The maximum Gasteiger partial charge on any atom is 0.238 e. The van der Waals surface area contributed by atoms with E-state index in [-0.39, 0.29) is 0 Å². The fraction of sp³-hybridized carbons (Fsp3) is 0.833. The smallest absolute Gasteiger partial charge is 0.238 e. The SMILES string of the molecule is C[C@@H](Nc1nc(N(C)C)ns1)C1CCN(C)CC1. The van der Waals surface area contributed by atoms with Crippen molar-refractivity contribution in [3.8, 4) is 0 Å². The zero-order valence-corrected chi connectivity index (χ0v) is 12.5. The minimum absolute atomic E-state index is 0.474. The molecule has 1 fully saturated rings. The predicted molar refractivity (Wildman–Crippen MR) is 77.5 cm³/mol. The highest BCUT2D eigenvalue weighted by Crippen LogP contribution is 2.24. The number of likely N-dealkylation sites (tertiary alicyclic amines) is 1. The van der Waals surface area contributed by atoms with Crippen molar-refractivity contribution in [2.24, 2.45) is 5.92 Å². The van der Waals surface area contributed by atoms with Crippen LogP contribution in [-0.2, 0) is 0 Å². The van der Waals surface area contributed by atoms with Gasteiger partial charge in [-0.1, -0.05) is 0 Å². The number of piperidine rings is 1. The lowest BCUT2D eigenvalue weighted by Crippen LogP contribution is -2.37. The first kappa shape index (κ1) is 13.5. The molecular weight excluding hydrogens is 246 g/mol. The number of hydrogen-bond acceptors (Lipinski definition) is 6. The van der Waals surface area contributed by atoms with Gasteiger partial charge in [-0.05, 0) is 45.8 Å². The molecule has 0 saturated carbocycles. The average Bonchev–Trinajstić information content (AvgIpc) is 2.78. The third-order valence-corrected chi connectivity index (χ3v) is 4.27. The van der Waals surface area contributed by atoms with Crippen molar-refractivity contribution < 1.29 is 0 Å². The van der Waals surface area contributed by atoms with Crippen molar-refractivity contribution in [2.45, 2.75) is 25.8 Å². The molecule has 0 unspecified atom stereocenters. The van der Waals surface area contributed by atoms with E-state index < -0.39 is 0 Å². The van der Waals surface area contributed by atoms with Gasteiger partial charge in [0.2, 0.25) is 11.1 Å². The highest BCUT2D eigenvalue weighted by Gasteiger charge is 2.23. The molecule has 0 spiro atoms. The number of nitrogens with one attached hydrogen (secondary N) is 1. The van der Waals surface area contributed by atoms with E-state index in [0.717, 1.165) is 17.0 Å². The van der Waals surface area contributed by atoms with Crippen LogP contribution in [0.15, 0.2) is 0 Å². The van der Waals surface area contributed by atoms with Crippen LogP contribution in [0, 0.1) is 5.92 Å². The first-order valence-corrected chi connectivity index (χ1v) is 7.29. The molecule has 0 aliphatic carbocycles. The minimum atomic E-state index is 0.474. The van der Waals surface area contributed by atoms with Crippen LogP contribution in [0.25, 0.3) is 0 Å². The Kier molecular flexibility index (Phi) is 4.40. The van der Waals surface area contributed by atoms with Gasteiger partial charge in [0, 0.05) is 31.7 Å². The Hall–Kier alpha value is -0.880. The number of hydrogen-bond donors (Lipinski definition) is 1. The van der Waals surface area contributed by atoms with Gasteiger partial charge in [-0.15, -0.1) is 0 Å². The van der Waals surface area contributed by atoms with Gasteiger partial charge < -0.3 is 15.1 Å². The van der Waals surface area contributed by atoms with Gasteiger partial charge in [0.15, 0.2) is 0 Å². The molecular formula is C12H23N5S. The van der Waals surface area contributed by atoms with Crippen LogP contribution in [-0.4, -0.2) is 54.5 Å². The molecule has 1 N–H and O–H groups in total. The van der Waals surface area contributed by atoms with Crippen LogP contribution in [0.3, 0.4) is 0 Å². The van der Waals surface area contributed by atoms with E-state index in [4.69, 9.17) is 0 Å². The lowest BCUT2D eigenvalue weighted by Gasteiger charge is -2.32. The Labute approximate surface area is 113 Å². The fourth-order valence-corrected chi connectivity index (χ4v) is 3.03. The van der Waals surface area contributed by atoms with Gasteiger partial charge in [0.05, 0.1) is 0 Å². The van der Waals surface area contributed by atoms with E-state index in [1.807, 2.05) is 19.0 Å². The van der Waals surface area contributed by atoms with E-state index in [1.54, 1.807) is 0 Å². The van der Waals surface area contributed by atoms with Gasteiger partial charge in [-0.3, -0.25) is 0 Å². The summed E-state index contributed by atoms with van der Waals surface area (Å²) in [6.45, 7) is 4.66. The predicted octanol–water partition coefficient (Wildman–Crippen LogP) is 1.75. The molecule has 1 aliphatic rings. The van der Waals surface area contributed by atoms with Gasteiger partial charge in [0.1, 0.15) is 0 Å². The van der Waals surface area contributed by atoms with E-state index in [0.29, 0.717) is 6.04 Å². The topological polar surface area (TPSA) is 44.3 Å². The summed E-state index contributed by atoms with van der Waals surface area (Å²) in [4.78, 5) is 8.80. The molecule has 2 rings (SSSR count). The zero-order chi connectivity index (χ0) is 13.1. The van der Waals surface area contributed by atoms with Crippen LogP contribution in [0.5, 0.6) is 0 Å². The Morgan fingerprint density at radius 1 is 1.39 bits per heavy atom. The third-order valence-electron chi connectivity index (χ3n) is 3.64. The van der Waals surface area contributed by atoms with Crippen molar-refractivity contribution >= 4 is 22.6 Å². The first-order chi connectivity index (χ1) is 8.56. The molecule has 0 bridgehead atoms. The second-order valence-corrected chi connectivity index (χ2v) is 6.12. The Morgan fingerprint density at radius 2 is 2.06 bits per heavy atom. The average molecular weight is 269 g/mol. The molecule has 0 aromatic carbocycles. The van der Waals surface area contributed by atoms with E-state index >= 15 is 0 Å². The Balaban J connectivity index is 1.88. The Morgan fingerprint density at radius 3 is 2.61 bits per heavy atom. The number of rotatable bonds is 4. The summed E-state index contributed by atoms with van der Waals surface area (Å²) in [5, 5.41) is 4.44. The summed E-state index contributed by atoms with van der Waals surface area (Å²) in [6.07, 6.45) is 2.54. The summed E-state index contributed by atoms with van der Waals surface area (Å²) >= 11 is 1.45. The van der Waals surface area contributed by atoms with Crippen LogP contribution in [0.2, 0.25) is 0 Å². The molecule has 1 atom stereocenters. The molecule has 1 aromatic rings. The van der Waals surface area contributed by atoms with Gasteiger partial charge >= 0.3 is 0 Å². The van der Waals surface area contributed by atoms with Crippen LogP contribution in [0.4, 0.5) is 11.1 Å². The van der Waals surface area contributed by atoms with Gasteiger partial charge in [-0.2, -0.15) is 9.36 Å². The monoisotopic (exact) mass is 269 g/mol. The van der Waals surface area contributed by atoms with Crippen LogP contribution < -0.4 is 10.2 Å². The van der Waals surface area contributed by atoms with Crippen molar-refractivity contribution in [1.82, 2.24) is 14.3 Å². The molecule has 1 aliphatic heterocycles. The van der Waals surface area contributed by atoms with E-state index in [9.17, 15) is 0 Å². The fourth-order valence-electron chi connectivity index (χ4n) is 2.30. The zero-order valence-electron chi connectivity index (χ0n) is 11.7. The summed E-state index contributed by atoms with van der Waals surface area (Å²) < 4.78 is 4.31. The number of anilines is 2. The molecule has 0 amide bonds. The normalized spacial score (nSPS) is 19.8. The van der Waals surface area contributed by atoms with Crippen molar-refractivity contribution in [1.29, 1.82) is 0 Å². The highest BCUT2D eigenvalue weighted by molar-refractivity contribution is 7.09. The highest BCUT2D eigenvalue weighted by atomic mass is 32.1. The molecule has 18 heavy (non-hydrogen) atoms. The minimum Gasteiger partial charge on any atom is -0.358 e. The Bertz CT molecular complexity index is 370. The lowest BCUT2D eigenvalue weighted by atomic mass is 9.91. The maximum absolute atomic E-state index is 4.47. The first-order valence-electron chi connectivity index (χ1n) is 6.52. The second kappa shape index (κ2) is 5.84. The number of nitrogens with zero attached hydrogens (tertiary/aromatic N) is 4. The van der Waals surface area contributed by atoms with Crippen LogP contribution in [0.1, 0.15) is 19.8 Å². The van der Waals surface area contributed by atoms with Crippen molar-refractivity contribution in [2.75, 3.05) is 44.4 Å². The van der Waals surface area contributed by atoms with Gasteiger partial charge in [0.25, 0.3) is 0 Å². The lowest BCUT2D eigenvalue weighted by molar-refractivity contribution is 0.208. The summed E-state index contributed by atoms with van der Waals surface area (Å²) in [7, 11) is 6.13.